The Kier molecular flexibility index (Phi) is 5.77. The third-order valence-electron chi connectivity index (χ3n) is 4.03. The summed E-state index contributed by atoms with van der Waals surface area (Å²) in [7, 11) is 0. The van der Waals surface area contributed by atoms with Gasteiger partial charge in [0.15, 0.2) is 5.82 Å². The molecule has 1 aromatic carbocycles. The number of carbonyl (C=O) groups is 1. The molecule has 0 aliphatic carbocycles. The van der Waals surface area contributed by atoms with E-state index in [2.05, 4.69) is 31.0 Å². The zero-order chi connectivity index (χ0) is 18.4. The lowest BCUT2D eigenvalue weighted by Gasteiger charge is -2.17. The van der Waals surface area contributed by atoms with E-state index in [1.165, 1.54) is 18.9 Å². The van der Waals surface area contributed by atoms with Crippen LogP contribution < -0.4 is 20.9 Å². The van der Waals surface area contributed by atoms with Crippen LogP contribution in [0.2, 0.25) is 0 Å². The van der Waals surface area contributed by atoms with Gasteiger partial charge in [-0.15, -0.1) is 5.10 Å². The minimum absolute atomic E-state index is 0.248. The van der Waals surface area contributed by atoms with Gasteiger partial charge in [0.2, 0.25) is 0 Å². The number of halogens is 2. The quantitative estimate of drug-likeness (QED) is 0.688. The van der Waals surface area contributed by atoms with Crippen molar-refractivity contribution in [2.24, 2.45) is 0 Å². The average Bonchev–Trinajstić information content (AvgIpc) is 3.17. The number of benzene rings is 1. The molecule has 1 aromatic heterocycles. The molecule has 2 heterocycles. The van der Waals surface area contributed by atoms with Crippen LogP contribution in [-0.4, -0.2) is 42.4 Å². The van der Waals surface area contributed by atoms with Gasteiger partial charge in [0.05, 0.1) is 11.9 Å². The number of aromatic nitrogens is 2. The number of para-hydroxylation sites is 1. The maximum atomic E-state index is 13.5. The van der Waals surface area contributed by atoms with Gasteiger partial charge < -0.3 is 20.9 Å². The van der Waals surface area contributed by atoms with Gasteiger partial charge in [-0.1, -0.05) is 6.07 Å². The summed E-state index contributed by atoms with van der Waals surface area (Å²) in [6.07, 6.45) is 4.07. The highest BCUT2D eigenvalue weighted by atomic mass is 19.1. The monoisotopic (exact) mass is 362 g/mol. The fraction of sp³-hybridized carbons (Fsp3) is 0.353. The summed E-state index contributed by atoms with van der Waals surface area (Å²) in [5.74, 6) is -1.05. The van der Waals surface area contributed by atoms with Gasteiger partial charge >= 0.3 is 6.03 Å². The molecule has 3 N–H and O–H groups in total. The topological polar surface area (TPSA) is 82.2 Å². The second kappa shape index (κ2) is 8.41. The lowest BCUT2D eigenvalue weighted by molar-refractivity contribution is 0.252. The van der Waals surface area contributed by atoms with Crippen LogP contribution in [0, 0.1) is 11.6 Å². The second-order valence-electron chi connectivity index (χ2n) is 5.90. The second-order valence-corrected chi connectivity index (χ2v) is 5.90. The number of urea groups is 1. The first-order chi connectivity index (χ1) is 12.6. The van der Waals surface area contributed by atoms with Crippen LogP contribution in [0.5, 0.6) is 0 Å². The molecular weight excluding hydrogens is 342 g/mol. The molecule has 1 aliphatic rings. The van der Waals surface area contributed by atoms with Crippen LogP contribution in [-0.2, 0) is 0 Å². The predicted octanol–water partition coefficient (Wildman–Crippen LogP) is 2.59. The van der Waals surface area contributed by atoms with Crippen LogP contribution in [0.4, 0.5) is 30.8 Å². The standard InChI is InChI=1S/C17H20F2N6O/c18-13-4-3-5-14(19)16(13)23-17(26)21-7-6-20-15-10-12(11-22-24-15)25-8-1-2-9-25/h3-5,10-11H,1-2,6-9H2,(H,20,24)(H2,21,23,26). The Bertz CT molecular complexity index is 746. The summed E-state index contributed by atoms with van der Waals surface area (Å²) in [6, 6.07) is 4.60. The Balaban J connectivity index is 1.44. The van der Waals surface area contributed by atoms with Crippen molar-refractivity contribution in [3.05, 3.63) is 42.1 Å². The molecule has 0 bridgehead atoms. The zero-order valence-electron chi connectivity index (χ0n) is 14.1. The smallest absolute Gasteiger partial charge is 0.319 e. The van der Waals surface area contributed by atoms with Crippen molar-refractivity contribution in [2.75, 3.05) is 41.7 Å². The summed E-state index contributed by atoms with van der Waals surface area (Å²) in [5.41, 5.74) is 0.544. The summed E-state index contributed by atoms with van der Waals surface area (Å²) < 4.78 is 26.9. The third kappa shape index (κ3) is 4.56. The predicted molar refractivity (Wildman–Crippen MR) is 95.3 cm³/mol. The molecule has 26 heavy (non-hydrogen) atoms. The van der Waals surface area contributed by atoms with Crippen molar-refractivity contribution < 1.29 is 13.6 Å². The first-order valence-electron chi connectivity index (χ1n) is 8.44. The lowest BCUT2D eigenvalue weighted by atomic mass is 10.3. The molecule has 7 nitrogen and oxygen atoms in total. The number of nitrogens with one attached hydrogen (secondary N) is 3. The van der Waals surface area contributed by atoms with E-state index >= 15 is 0 Å². The van der Waals surface area contributed by atoms with Crippen LogP contribution in [0.25, 0.3) is 0 Å². The van der Waals surface area contributed by atoms with E-state index in [1.807, 2.05) is 6.07 Å². The number of amides is 2. The minimum Gasteiger partial charge on any atom is -0.370 e. The summed E-state index contributed by atoms with van der Waals surface area (Å²) in [5, 5.41) is 15.7. The molecule has 0 spiro atoms. The molecular formula is C17H20F2N6O. The van der Waals surface area contributed by atoms with Crippen LogP contribution in [0.15, 0.2) is 30.5 Å². The minimum atomic E-state index is -0.827. The van der Waals surface area contributed by atoms with Gasteiger partial charge in [-0.25, -0.2) is 13.6 Å². The summed E-state index contributed by atoms with van der Waals surface area (Å²) >= 11 is 0. The molecule has 0 unspecified atom stereocenters. The van der Waals surface area contributed by atoms with E-state index in [9.17, 15) is 13.6 Å². The molecule has 1 aliphatic heterocycles. The van der Waals surface area contributed by atoms with E-state index in [0.29, 0.717) is 12.4 Å². The fourth-order valence-corrected chi connectivity index (χ4v) is 2.73. The summed E-state index contributed by atoms with van der Waals surface area (Å²) in [4.78, 5) is 14.0. The highest BCUT2D eigenvalue weighted by molar-refractivity contribution is 5.89. The molecule has 0 saturated carbocycles. The molecule has 9 heteroatoms. The largest absolute Gasteiger partial charge is 0.370 e. The third-order valence-corrected chi connectivity index (χ3v) is 4.03. The number of anilines is 3. The SMILES string of the molecule is O=C(NCCNc1cc(N2CCCC2)cnn1)Nc1c(F)cccc1F. The van der Waals surface area contributed by atoms with E-state index in [-0.39, 0.29) is 6.54 Å². The van der Waals surface area contributed by atoms with Gasteiger partial charge in [-0.3, -0.25) is 0 Å². The van der Waals surface area contributed by atoms with Gasteiger partial charge in [-0.2, -0.15) is 5.10 Å². The Morgan fingerprint density at radius 2 is 1.88 bits per heavy atom. The van der Waals surface area contributed by atoms with Crippen molar-refractivity contribution in [1.29, 1.82) is 0 Å². The Hall–Kier alpha value is -2.97. The maximum absolute atomic E-state index is 13.5. The van der Waals surface area contributed by atoms with Gasteiger partial charge in [0, 0.05) is 32.2 Å². The lowest BCUT2D eigenvalue weighted by Crippen LogP contribution is -2.33. The van der Waals surface area contributed by atoms with Crippen molar-refractivity contribution in [1.82, 2.24) is 15.5 Å². The number of rotatable bonds is 6. The van der Waals surface area contributed by atoms with Crippen LogP contribution in [0.3, 0.4) is 0 Å². The maximum Gasteiger partial charge on any atom is 0.319 e. The zero-order valence-corrected chi connectivity index (χ0v) is 14.1. The molecule has 2 aromatic rings. The highest BCUT2D eigenvalue weighted by Gasteiger charge is 2.13. The van der Waals surface area contributed by atoms with Crippen molar-refractivity contribution in [3.63, 3.8) is 0 Å². The first-order valence-corrected chi connectivity index (χ1v) is 8.44. The molecule has 3 rings (SSSR count). The van der Waals surface area contributed by atoms with Crippen LogP contribution in [0.1, 0.15) is 12.8 Å². The normalized spacial score (nSPS) is 13.5. The van der Waals surface area contributed by atoms with Crippen LogP contribution >= 0.6 is 0 Å². The average molecular weight is 362 g/mol. The number of hydrogen-bond acceptors (Lipinski definition) is 5. The van der Waals surface area contributed by atoms with Gasteiger partial charge in [0.1, 0.15) is 17.3 Å². The molecule has 0 atom stereocenters. The Morgan fingerprint density at radius 3 is 2.62 bits per heavy atom. The van der Waals surface area contributed by atoms with Crippen molar-refractivity contribution in [3.8, 4) is 0 Å². The molecule has 2 amide bonds. The van der Waals surface area contributed by atoms with Gasteiger partial charge in [-0.05, 0) is 25.0 Å². The molecule has 0 radical (unpaired) electrons. The Morgan fingerprint density at radius 1 is 1.15 bits per heavy atom. The Labute approximate surface area is 149 Å². The van der Waals surface area contributed by atoms with E-state index in [0.717, 1.165) is 30.9 Å². The fourth-order valence-electron chi connectivity index (χ4n) is 2.73. The molecule has 138 valence electrons. The summed E-state index contributed by atoms with van der Waals surface area (Å²) in [6.45, 7) is 2.67. The van der Waals surface area contributed by atoms with E-state index in [4.69, 9.17) is 0 Å². The van der Waals surface area contributed by atoms with Crippen molar-refractivity contribution in [2.45, 2.75) is 12.8 Å². The highest BCUT2D eigenvalue weighted by Crippen LogP contribution is 2.20. The number of carbonyl (C=O) groups excluding carboxylic acids is 1. The number of nitrogens with zero attached hydrogens (tertiary/aromatic N) is 3. The molecule has 1 saturated heterocycles. The van der Waals surface area contributed by atoms with Gasteiger partial charge in [0.25, 0.3) is 0 Å². The van der Waals surface area contributed by atoms with Crippen molar-refractivity contribution >= 4 is 23.2 Å². The van der Waals surface area contributed by atoms with E-state index in [1.54, 1.807) is 6.20 Å². The number of hydrogen-bond donors (Lipinski definition) is 3. The molecule has 1 fully saturated rings. The van der Waals surface area contributed by atoms with E-state index < -0.39 is 23.4 Å². The first kappa shape index (κ1) is 17.8.